The SMILES string of the molecule is CCOC(=O)CC(=O)OCCCCCCOC(=O)CC(C)=O. The number of esters is 3. The van der Waals surface area contributed by atoms with Crippen LogP contribution in [0, 0.1) is 0 Å². The van der Waals surface area contributed by atoms with Gasteiger partial charge in [-0.15, -0.1) is 0 Å². The van der Waals surface area contributed by atoms with E-state index >= 15 is 0 Å². The standard InChI is InChI=1S/C15H24O7/c1-3-20-14(18)11-15(19)22-9-7-5-4-6-8-21-13(17)10-12(2)16/h3-11H2,1-2H3. The van der Waals surface area contributed by atoms with Gasteiger partial charge < -0.3 is 14.2 Å². The number of carbonyl (C=O) groups excluding carboxylic acids is 4. The number of carbonyl (C=O) groups is 4. The van der Waals surface area contributed by atoms with Crippen molar-refractivity contribution < 1.29 is 33.4 Å². The van der Waals surface area contributed by atoms with E-state index in [4.69, 9.17) is 9.47 Å². The van der Waals surface area contributed by atoms with E-state index in [1.807, 2.05) is 0 Å². The minimum absolute atomic E-state index is 0.184. The van der Waals surface area contributed by atoms with Gasteiger partial charge in [-0.05, 0) is 39.5 Å². The summed E-state index contributed by atoms with van der Waals surface area (Å²) in [6, 6.07) is 0. The summed E-state index contributed by atoms with van der Waals surface area (Å²) in [7, 11) is 0. The van der Waals surface area contributed by atoms with E-state index < -0.39 is 17.9 Å². The van der Waals surface area contributed by atoms with E-state index in [0.717, 1.165) is 12.8 Å². The Kier molecular flexibility index (Phi) is 11.7. The Morgan fingerprint density at radius 3 is 1.59 bits per heavy atom. The van der Waals surface area contributed by atoms with E-state index in [-0.39, 0.29) is 38.4 Å². The first-order valence-electron chi connectivity index (χ1n) is 7.42. The highest BCUT2D eigenvalue weighted by Crippen LogP contribution is 2.02. The monoisotopic (exact) mass is 316 g/mol. The van der Waals surface area contributed by atoms with Crippen LogP contribution in [0.4, 0.5) is 0 Å². The second kappa shape index (κ2) is 12.8. The van der Waals surface area contributed by atoms with Crippen molar-refractivity contribution >= 4 is 23.7 Å². The Labute approximate surface area is 130 Å². The normalized spacial score (nSPS) is 9.91. The zero-order valence-electron chi connectivity index (χ0n) is 13.2. The summed E-state index contributed by atoms with van der Waals surface area (Å²) < 4.78 is 14.4. The summed E-state index contributed by atoms with van der Waals surface area (Å²) in [5.74, 6) is -1.88. The van der Waals surface area contributed by atoms with E-state index in [0.29, 0.717) is 12.8 Å². The van der Waals surface area contributed by atoms with Gasteiger partial charge in [0.15, 0.2) is 0 Å². The van der Waals surface area contributed by atoms with Crippen molar-refractivity contribution in [1.82, 2.24) is 0 Å². The molecule has 7 heteroatoms. The van der Waals surface area contributed by atoms with Crippen LogP contribution in [0.15, 0.2) is 0 Å². The topological polar surface area (TPSA) is 96.0 Å². The Balaban J connectivity index is 3.40. The lowest BCUT2D eigenvalue weighted by Crippen LogP contribution is -2.14. The van der Waals surface area contributed by atoms with Gasteiger partial charge in [0, 0.05) is 0 Å². The van der Waals surface area contributed by atoms with Gasteiger partial charge in [-0.3, -0.25) is 19.2 Å². The van der Waals surface area contributed by atoms with Crippen LogP contribution in [-0.4, -0.2) is 43.5 Å². The van der Waals surface area contributed by atoms with Crippen LogP contribution in [0.2, 0.25) is 0 Å². The first-order valence-corrected chi connectivity index (χ1v) is 7.42. The fourth-order valence-electron chi connectivity index (χ4n) is 1.56. The molecule has 0 heterocycles. The van der Waals surface area contributed by atoms with Crippen molar-refractivity contribution in [2.75, 3.05) is 19.8 Å². The Morgan fingerprint density at radius 2 is 1.14 bits per heavy atom. The zero-order valence-corrected chi connectivity index (χ0v) is 13.2. The number of ether oxygens (including phenoxy) is 3. The Bertz CT molecular complexity index is 376. The number of hydrogen-bond acceptors (Lipinski definition) is 7. The van der Waals surface area contributed by atoms with E-state index in [9.17, 15) is 19.2 Å². The van der Waals surface area contributed by atoms with Crippen molar-refractivity contribution in [3.8, 4) is 0 Å². The van der Waals surface area contributed by atoms with Crippen LogP contribution in [0.25, 0.3) is 0 Å². The molecule has 0 atom stereocenters. The molecule has 0 saturated carbocycles. The maximum absolute atomic E-state index is 11.2. The summed E-state index contributed by atoms with van der Waals surface area (Å²) in [6.45, 7) is 3.78. The van der Waals surface area contributed by atoms with Crippen molar-refractivity contribution in [1.29, 1.82) is 0 Å². The summed E-state index contributed by atoms with van der Waals surface area (Å²) in [5, 5.41) is 0. The van der Waals surface area contributed by atoms with Crippen LogP contribution >= 0.6 is 0 Å². The number of unbranched alkanes of at least 4 members (excludes halogenated alkanes) is 3. The van der Waals surface area contributed by atoms with Gasteiger partial charge in [0.25, 0.3) is 0 Å². The molecule has 0 rings (SSSR count). The van der Waals surface area contributed by atoms with Crippen molar-refractivity contribution in [2.45, 2.75) is 52.4 Å². The van der Waals surface area contributed by atoms with Crippen molar-refractivity contribution in [2.24, 2.45) is 0 Å². The van der Waals surface area contributed by atoms with E-state index in [1.165, 1.54) is 6.92 Å². The van der Waals surface area contributed by atoms with Gasteiger partial charge in [-0.25, -0.2) is 0 Å². The lowest BCUT2D eigenvalue weighted by Gasteiger charge is -2.05. The van der Waals surface area contributed by atoms with Gasteiger partial charge in [0.2, 0.25) is 0 Å². The highest BCUT2D eigenvalue weighted by Gasteiger charge is 2.11. The molecule has 7 nitrogen and oxygen atoms in total. The molecule has 0 aliphatic carbocycles. The molecule has 0 amide bonds. The van der Waals surface area contributed by atoms with Gasteiger partial charge in [-0.2, -0.15) is 0 Å². The highest BCUT2D eigenvalue weighted by atomic mass is 16.6. The highest BCUT2D eigenvalue weighted by molar-refractivity contribution is 5.94. The first kappa shape index (κ1) is 20.1. The minimum Gasteiger partial charge on any atom is -0.466 e. The van der Waals surface area contributed by atoms with Crippen molar-refractivity contribution in [3.05, 3.63) is 0 Å². The second-order valence-corrected chi connectivity index (χ2v) is 4.72. The van der Waals surface area contributed by atoms with Crippen LogP contribution in [-0.2, 0) is 33.4 Å². The third-order valence-electron chi connectivity index (χ3n) is 2.55. The molecule has 0 aromatic carbocycles. The predicted octanol–water partition coefficient (Wildman–Crippen LogP) is 1.57. The zero-order chi connectivity index (χ0) is 16.8. The number of rotatable bonds is 12. The maximum atomic E-state index is 11.2. The predicted molar refractivity (Wildman–Crippen MR) is 76.9 cm³/mol. The first-order chi connectivity index (χ1) is 10.5. The van der Waals surface area contributed by atoms with Crippen LogP contribution in [0.3, 0.4) is 0 Å². The van der Waals surface area contributed by atoms with Crippen LogP contribution in [0.5, 0.6) is 0 Å². The molecule has 0 aliphatic rings. The van der Waals surface area contributed by atoms with Gasteiger partial charge in [0.05, 0.1) is 19.8 Å². The Morgan fingerprint density at radius 1 is 0.682 bits per heavy atom. The van der Waals surface area contributed by atoms with Gasteiger partial charge >= 0.3 is 17.9 Å². The smallest absolute Gasteiger partial charge is 0.317 e. The summed E-state index contributed by atoms with van der Waals surface area (Å²) in [5.41, 5.74) is 0. The van der Waals surface area contributed by atoms with Crippen LogP contribution < -0.4 is 0 Å². The lowest BCUT2D eigenvalue weighted by atomic mass is 10.2. The molecule has 0 saturated heterocycles. The van der Waals surface area contributed by atoms with Crippen molar-refractivity contribution in [3.63, 3.8) is 0 Å². The molecule has 0 N–H and O–H groups in total. The molecule has 0 aromatic rings. The number of Topliss-reactive ketones (excluding diaryl/α,β-unsaturated/α-hetero) is 1. The summed E-state index contributed by atoms with van der Waals surface area (Å²) in [4.78, 5) is 43.9. The van der Waals surface area contributed by atoms with E-state index in [2.05, 4.69) is 4.74 Å². The second-order valence-electron chi connectivity index (χ2n) is 4.72. The van der Waals surface area contributed by atoms with E-state index in [1.54, 1.807) is 6.92 Å². The summed E-state index contributed by atoms with van der Waals surface area (Å²) >= 11 is 0. The fraction of sp³-hybridized carbons (Fsp3) is 0.733. The molecule has 22 heavy (non-hydrogen) atoms. The average molecular weight is 316 g/mol. The fourth-order valence-corrected chi connectivity index (χ4v) is 1.56. The maximum Gasteiger partial charge on any atom is 0.317 e. The third-order valence-corrected chi connectivity index (χ3v) is 2.55. The average Bonchev–Trinajstić information content (AvgIpc) is 2.41. The third kappa shape index (κ3) is 13.1. The summed E-state index contributed by atoms with van der Waals surface area (Å²) in [6.07, 6.45) is 2.46. The molecule has 0 bridgehead atoms. The molecule has 0 aliphatic heterocycles. The molecular formula is C15H24O7. The molecule has 0 aromatic heterocycles. The molecule has 0 unspecified atom stereocenters. The molecular weight excluding hydrogens is 292 g/mol. The lowest BCUT2D eigenvalue weighted by molar-refractivity contribution is -0.154. The molecule has 126 valence electrons. The quantitative estimate of drug-likeness (QED) is 0.233. The molecule has 0 spiro atoms. The number of hydrogen-bond donors (Lipinski definition) is 0. The minimum atomic E-state index is -0.586. The number of ketones is 1. The largest absolute Gasteiger partial charge is 0.466 e. The van der Waals surface area contributed by atoms with Gasteiger partial charge in [0.1, 0.15) is 18.6 Å². The van der Waals surface area contributed by atoms with Crippen LogP contribution in [0.1, 0.15) is 52.4 Å². The molecule has 0 fully saturated rings. The van der Waals surface area contributed by atoms with Gasteiger partial charge in [-0.1, -0.05) is 0 Å². The molecule has 0 radical (unpaired) electrons. The Hall–Kier alpha value is -1.92.